The Kier molecular flexibility index (Phi) is 24.7. The number of esters is 1. The zero-order valence-corrected chi connectivity index (χ0v) is 55.4. The van der Waals surface area contributed by atoms with Crippen LogP contribution in [-0.4, -0.2) is 174 Å². The van der Waals surface area contributed by atoms with Crippen LogP contribution in [0, 0.1) is 12.8 Å². The number of hydrogen-bond donors (Lipinski definition) is 3. The Bertz CT molecular complexity index is 3470. The number of nitrogens with one attached hydrogen (secondary N) is 2. The van der Waals surface area contributed by atoms with E-state index in [1.165, 1.54) is 27.8 Å². The molecule has 476 valence electrons. The van der Waals surface area contributed by atoms with Gasteiger partial charge in [-0.1, -0.05) is 139 Å². The molecule has 10 rings (SSSR count). The van der Waals surface area contributed by atoms with E-state index in [1.54, 1.807) is 0 Å². The molecule has 2 saturated heterocycles. The molecule has 19 heteroatoms. The normalized spacial score (nSPS) is 15.5. The molecule has 16 nitrogen and oxygen atoms in total. The molecular formula is C71H88Cl3N13O3. The summed E-state index contributed by atoms with van der Waals surface area (Å²) in [5.74, 6) is 2.45. The van der Waals surface area contributed by atoms with Gasteiger partial charge in [-0.05, 0) is 163 Å². The number of nitrogens with two attached hydrogens (primary N) is 1. The lowest BCUT2D eigenvalue weighted by Crippen LogP contribution is -2.47. The molecule has 6 aromatic carbocycles. The molecule has 4 heterocycles. The number of rotatable bonds is 26. The number of piperazine rings is 2. The van der Waals surface area contributed by atoms with Crippen molar-refractivity contribution in [3.8, 4) is 0 Å². The lowest BCUT2D eigenvalue weighted by molar-refractivity contribution is -0.145. The highest BCUT2D eigenvalue weighted by molar-refractivity contribution is 6.31. The van der Waals surface area contributed by atoms with Crippen LogP contribution >= 0.6 is 34.8 Å². The van der Waals surface area contributed by atoms with Crippen molar-refractivity contribution in [2.45, 2.75) is 83.7 Å². The number of aryl methyl sites for hydroxylation is 1. The van der Waals surface area contributed by atoms with Gasteiger partial charge in [-0.15, -0.1) is 0 Å². The number of primary amides is 1. The number of fused-ring (bicyclic) bond motifs is 2. The summed E-state index contributed by atoms with van der Waals surface area (Å²) < 4.78 is 5.68. The number of hydrogen-bond acceptors (Lipinski definition) is 15. The van der Waals surface area contributed by atoms with Crippen LogP contribution in [-0.2, 0) is 27.4 Å². The molecule has 0 bridgehead atoms. The maximum atomic E-state index is 13.2. The quantitative estimate of drug-likeness (QED) is 0.0438. The summed E-state index contributed by atoms with van der Waals surface area (Å²) in [6, 6.07) is 48.5. The lowest BCUT2D eigenvalue weighted by Gasteiger charge is -2.39. The summed E-state index contributed by atoms with van der Waals surface area (Å²) in [6.45, 7) is 16.7. The van der Waals surface area contributed by atoms with Crippen LogP contribution in [0.5, 0.6) is 0 Å². The first kappa shape index (κ1) is 67.6. The second kappa shape index (κ2) is 33.0. The summed E-state index contributed by atoms with van der Waals surface area (Å²) >= 11 is 18.7. The molecule has 0 spiro atoms. The summed E-state index contributed by atoms with van der Waals surface area (Å²) in [5.41, 5.74) is 13.7. The number of carbonyl (C=O) groups is 2. The molecule has 4 N–H and O–H groups in total. The average Bonchev–Trinajstić information content (AvgIpc) is 1.41. The van der Waals surface area contributed by atoms with Gasteiger partial charge in [0, 0.05) is 78.2 Å². The highest BCUT2D eigenvalue weighted by Crippen LogP contribution is 2.34. The molecule has 0 radical (unpaired) electrons. The third-order valence-electron chi connectivity index (χ3n) is 16.5. The highest BCUT2D eigenvalue weighted by atomic mass is 35.5. The number of carbonyl (C=O) groups excluding carboxylic acids is 2. The van der Waals surface area contributed by atoms with Crippen molar-refractivity contribution < 1.29 is 14.3 Å². The molecular weight excluding hydrogens is 1190 g/mol. The monoisotopic (exact) mass is 1280 g/mol. The first-order chi connectivity index (χ1) is 43.4. The Hall–Kier alpha value is -6.83. The van der Waals surface area contributed by atoms with E-state index in [0.717, 1.165) is 127 Å². The number of benzene rings is 6. The molecule has 2 aliphatic heterocycles. The van der Waals surface area contributed by atoms with Crippen molar-refractivity contribution in [3.63, 3.8) is 0 Å². The number of nitrogens with zero attached hydrogens (tertiary/aromatic N) is 10. The first-order valence-electron chi connectivity index (χ1n) is 31.5. The number of ether oxygens (including phenoxy) is 1. The van der Waals surface area contributed by atoms with Gasteiger partial charge in [0.2, 0.25) is 5.91 Å². The van der Waals surface area contributed by atoms with Crippen LogP contribution in [0.3, 0.4) is 0 Å². The zero-order chi connectivity index (χ0) is 63.7. The van der Waals surface area contributed by atoms with Crippen LogP contribution in [0.25, 0.3) is 21.8 Å². The molecule has 90 heavy (non-hydrogen) atoms. The van der Waals surface area contributed by atoms with Gasteiger partial charge in [-0.25, -0.2) is 24.7 Å². The standard InChI is InChI=1S/C37H46Cl2N6O2.C34H42ClN7O/c1-26(2)25-47-37(46)33(10-7-19-43(3)4)41-36-31-8-5-6-9-32(31)40-34(42-36)24-44-20-22-45(23-21-44)35(27-11-15-29(38)16-12-27)28-13-17-30(39)18-14-28;1-24-10-12-25(13-11-24)32(26-14-16-27(35)17-15-26)42-21-19-41(20-22-42)23-31-37-29-8-5-4-7-28(29)34(39-31)38-30(33(36)43)9-6-18-40(2)3/h5-6,8-9,11-18,26,33,35H,7,10,19-25H2,1-4H3,(H,40,41,42);4-5,7-8,10-17,30,32H,6,9,18-23H2,1-3H3,(H2,36,43)(H,37,38,39)/t33-;30-,32?/m00/s1. The third kappa shape index (κ3) is 19.4. The van der Waals surface area contributed by atoms with Crippen LogP contribution in [0.1, 0.15) is 91.1 Å². The van der Waals surface area contributed by atoms with Gasteiger partial charge in [0.05, 0.1) is 42.8 Å². The molecule has 1 unspecified atom stereocenters. The fourth-order valence-corrected chi connectivity index (χ4v) is 12.1. The molecule has 0 aliphatic carbocycles. The van der Waals surface area contributed by atoms with Crippen LogP contribution in [0.15, 0.2) is 146 Å². The molecule has 8 aromatic rings. The minimum Gasteiger partial charge on any atom is -0.464 e. The number of amides is 1. The third-order valence-corrected chi connectivity index (χ3v) is 17.3. The maximum absolute atomic E-state index is 13.2. The van der Waals surface area contributed by atoms with E-state index in [2.05, 4.69) is 108 Å². The van der Waals surface area contributed by atoms with E-state index in [1.807, 2.05) is 127 Å². The minimum absolute atomic E-state index is 0.0966. The van der Waals surface area contributed by atoms with E-state index < -0.39 is 12.1 Å². The van der Waals surface area contributed by atoms with E-state index >= 15 is 0 Å². The predicted octanol–water partition coefficient (Wildman–Crippen LogP) is 12.3. The fraction of sp³-hybridized carbons (Fsp3) is 0.408. The van der Waals surface area contributed by atoms with Crippen molar-refractivity contribution in [1.82, 2.24) is 49.3 Å². The van der Waals surface area contributed by atoms with E-state index in [0.29, 0.717) is 44.2 Å². The smallest absolute Gasteiger partial charge is 0.328 e. The Morgan fingerprint density at radius 3 is 1.27 bits per heavy atom. The summed E-state index contributed by atoms with van der Waals surface area (Å²) in [6.07, 6.45) is 2.99. The number of anilines is 2. The number of halogens is 3. The molecule has 2 aliphatic rings. The molecule has 2 fully saturated rings. The van der Waals surface area contributed by atoms with Crippen LogP contribution in [0.2, 0.25) is 15.1 Å². The minimum atomic E-state index is -0.499. The molecule has 3 atom stereocenters. The van der Waals surface area contributed by atoms with Crippen molar-refractivity contribution in [2.24, 2.45) is 11.7 Å². The molecule has 1 amide bonds. The van der Waals surface area contributed by atoms with Gasteiger partial charge in [0.1, 0.15) is 35.4 Å². The maximum Gasteiger partial charge on any atom is 0.328 e. The topological polar surface area (TPSA) is 164 Å². The second-order valence-corrected chi connectivity index (χ2v) is 26.0. The summed E-state index contributed by atoms with van der Waals surface area (Å²) in [5, 5.41) is 10.8. The van der Waals surface area contributed by atoms with E-state index in [-0.39, 0.29) is 29.9 Å². The van der Waals surface area contributed by atoms with E-state index in [4.69, 9.17) is 65.2 Å². The Morgan fingerprint density at radius 1 is 0.522 bits per heavy atom. The Labute approximate surface area is 547 Å². The highest BCUT2D eigenvalue weighted by Gasteiger charge is 2.30. The Morgan fingerprint density at radius 2 is 0.889 bits per heavy atom. The SMILES string of the molecule is CC(C)COC(=O)[C@H](CCCN(C)C)Nc1nc(CN2CCN(C(c3ccc(Cl)cc3)c3ccc(Cl)cc3)CC2)nc2ccccc12.Cc1ccc(C(c2ccc(Cl)cc2)N2CCN(Cc3nc(N[C@@H](CCCN(C)C)C(N)=O)c4ccccc4n3)CC2)cc1. The second-order valence-electron chi connectivity index (χ2n) is 24.7. The molecule has 2 aromatic heterocycles. The fourth-order valence-electron chi connectivity index (χ4n) is 11.7. The zero-order valence-electron chi connectivity index (χ0n) is 53.2. The number of aromatic nitrogens is 4. The van der Waals surface area contributed by atoms with Crippen LogP contribution < -0.4 is 16.4 Å². The Balaban J connectivity index is 0.000000214. The van der Waals surface area contributed by atoms with Gasteiger partial charge in [0.25, 0.3) is 0 Å². The average molecular weight is 1280 g/mol. The largest absolute Gasteiger partial charge is 0.464 e. The lowest BCUT2D eigenvalue weighted by atomic mass is 9.95. The van der Waals surface area contributed by atoms with Crippen LogP contribution in [0.4, 0.5) is 11.6 Å². The van der Waals surface area contributed by atoms with Crippen molar-refractivity contribution in [1.29, 1.82) is 0 Å². The van der Waals surface area contributed by atoms with E-state index in [9.17, 15) is 9.59 Å². The molecule has 0 saturated carbocycles. The summed E-state index contributed by atoms with van der Waals surface area (Å²) in [4.78, 5) is 59.4. The summed E-state index contributed by atoms with van der Waals surface area (Å²) in [7, 11) is 8.13. The van der Waals surface area contributed by atoms with Gasteiger partial charge >= 0.3 is 5.97 Å². The van der Waals surface area contributed by atoms with Gasteiger partial charge in [-0.2, -0.15) is 0 Å². The first-order valence-corrected chi connectivity index (χ1v) is 32.6. The predicted molar refractivity (Wildman–Crippen MR) is 367 cm³/mol. The van der Waals surface area contributed by atoms with Crippen molar-refractivity contribution in [2.75, 3.05) is 111 Å². The van der Waals surface area contributed by atoms with Gasteiger partial charge in [-0.3, -0.25) is 24.4 Å². The van der Waals surface area contributed by atoms with Gasteiger partial charge in [0.15, 0.2) is 0 Å². The van der Waals surface area contributed by atoms with Crippen molar-refractivity contribution in [3.05, 3.63) is 200 Å². The van der Waals surface area contributed by atoms with Gasteiger partial charge < -0.3 is 30.9 Å². The number of para-hydroxylation sites is 2. The van der Waals surface area contributed by atoms with Crippen molar-refractivity contribution >= 4 is 80.1 Å².